The van der Waals surface area contributed by atoms with Crippen molar-refractivity contribution >= 4 is 28.6 Å². The maximum Gasteiger partial charge on any atom is 1.00 e. The monoisotopic (exact) mass is 366 g/mol. The van der Waals surface area contributed by atoms with E-state index in [2.05, 4.69) is 9.97 Å². The molecule has 0 fully saturated rings. The van der Waals surface area contributed by atoms with Gasteiger partial charge in [-0.25, -0.2) is 9.97 Å². The third-order valence-electron chi connectivity index (χ3n) is 3.17. The Bertz CT molecular complexity index is 889. The first kappa shape index (κ1) is 19.5. The van der Waals surface area contributed by atoms with Crippen LogP contribution in [0.1, 0.15) is 6.92 Å². The number of carboxylic acid groups (broad SMARTS) is 1. The molecule has 0 aliphatic rings. The van der Waals surface area contributed by atoms with Crippen molar-refractivity contribution < 1.29 is 48.9 Å². The molecule has 0 N–H and O–H groups in total. The van der Waals surface area contributed by atoms with Crippen molar-refractivity contribution in [3.05, 3.63) is 53.7 Å². The van der Waals surface area contributed by atoms with E-state index in [1.807, 2.05) is 0 Å². The van der Waals surface area contributed by atoms with Crippen LogP contribution in [0.5, 0.6) is 17.4 Å². The first-order valence-electron chi connectivity index (χ1n) is 7.09. The summed E-state index contributed by atoms with van der Waals surface area (Å²) in [5, 5.41) is 11.2. The predicted molar refractivity (Wildman–Crippen MR) is 86.2 cm³/mol. The Hall–Kier alpha value is -1.86. The molecule has 0 saturated heterocycles. The Balaban J connectivity index is 0.00000225. The third-order valence-corrected chi connectivity index (χ3v) is 3.41. The molecule has 0 saturated carbocycles. The number of fused-ring (bicyclic) bond motifs is 1. The average molecular weight is 367 g/mol. The molecule has 0 aliphatic heterocycles. The SMILES string of the molecule is C[C@H](Oc1ccc(Oc2cnc3ccc(Cl)cc3n2)cc1)C(=O)[O-].[Na+]. The normalized spacial score (nSPS) is 11.4. The number of hydrogen-bond donors (Lipinski definition) is 0. The number of hydrogen-bond acceptors (Lipinski definition) is 6. The Morgan fingerprint density at radius 3 is 2.48 bits per heavy atom. The van der Waals surface area contributed by atoms with E-state index in [0.29, 0.717) is 33.4 Å². The number of benzene rings is 2. The van der Waals surface area contributed by atoms with Crippen molar-refractivity contribution in [2.75, 3.05) is 0 Å². The van der Waals surface area contributed by atoms with Crippen LogP contribution in [0.4, 0.5) is 0 Å². The molecule has 1 aromatic heterocycles. The number of rotatable bonds is 5. The molecular weight excluding hydrogens is 355 g/mol. The number of carbonyl (C=O) groups is 1. The van der Waals surface area contributed by atoms with Crippen LogP contribution in [-0.2, 0) is 4.79 Å². The van der Waals surface area contributed by atoms with Gasteiger partial charge >= 0.3 is 29.6 Å². The van der Waals surface area contributed by atoms with Crippen LogP contribution < -0.4 is 44.1 Å². The van der Waals surface area contributed by atoms with Crippen molar-refractivity contribution in [2.24, 2.45) is 0 Å². The van der Waals surface area contributed by atoms with Crippen LogP contribution in [0.3, 0.4) is 0 Å². The largest absolute Gasteiger partial charge is 1.00 e. The minimum absolute atomic E-state index is 0. The van der Waals surface area contributed by atoms with Gasteiger partial charge in [-0.1, -0.05) is 11.6 Å². The minimum atomic E-state index is -1.28. The summed E-state index contributed by atoms with van der Waals surface area (Å²) in [6, 6.07) is 11.7. The van der Waals surface area contributed by atoms with E-state index < -0.39 is 12.1 Å². The van der Waals surface area contributed by atoms with Gasteiger partial charge in [-0.3, -0.25) is 0 Å². The van der Waals surface area contributed by atoms with Crippen LogP contribution in [-0.4, -0.2) is 22.0 Å². The maximum atomic E-state index is 10.7. The van der Waals surface area contributed by atoms with Crippen molar-refractivity contribution in [2.45, 2.75) is 13.0 Å². The summed E-state index contributed by atoms with van der Waals surface area (Å²) in [5.41, 5.74) is 1.34. The molecule has 2 aromatic carbocycles. The fourth-order valence-electron chi connectivity index (χ4n) is 1.98. The Labute approximate surface area is 171 Å². The number of nitrogens with zero attached hydrogens (tertiary/aromatic N) is 2. The summed E-state index contributed by atoms with van der Waals surface area (Å²) in [7, 11) is 0. The summed E-state index contributed by atoms with van der Waals surface area (Å²) < 4.78 is 10.8. The van der Waals surface area contributed by atoms with Gasteiger partial charge in [0, 0.05) is 5.02 Å². The number of aromatic nitrogens is 2. The molecule has 8 heteroatoms. The molecule has 0 bridgehead atoms. The van der Waals surface area contributed by atoms with E-state index in [1.165, 1.54) is 13.1 Å². The molecule has 6 nitrogen and oxygen atoms in total. The van der Waals surface area contributed by atoms with E-state index in [-0.39, 0.29) is 29.6 Å². The van der Waals surface area contributed by atoms with Crippen LogP contribution in [0.2, 0.25) is 5.02 Å². The van der Waals surface area contributed by atoms with Gasteiger partial charge in [0.05, 0.1) is 23.2 Å². The fraction of sp³-hybridized carbons (Fsp3) is 0.118. The van der Waals surface area contributed by atoms with E-state index >= 15 is 0 Å². The van der Waals surface area contributed by atoms with Crippen molar-refractivity contribution in [1.82, 2.24) is 9.97 Å². The zero-order chi connectivity index (χ0) is 17.1. The number of aliphatic carboxylic acids is 1. The fourth-order valence-corrected chi connectivity index (χ4v) is 2.14. The van der Waals surface area contributed by atoms with Crippen LogP contribution in [0.25, 0.3) is 11.0 Å². The topological polar surface area (TPSA) is 84.4 Å². The Morgan fingerprint density at radius 2 is 1.80 bits per heavy atom. The van der Waals surface area contributed by atoms with Gasteiger partial charge in [-0.05, 0) is 49.4 Å². The summed E-state index contributed by atoms with van der Waals surface area (Å²) in [6.07, 6.45) is 0.478. The van der Waals surface area contributed by atoms with E-state index in [1.54, 1.807) is 42.5 Å². The number of halogens is 1. The molecular formula is C17H12ClN2NaO4. The standard InChI is InChI=1S/C17H13ClN2O4.Na/c1-10(17(21)22)23-12-3-5-13(6-4-12)24-16-9-19-14-7-2-11(18)8-15(14)20-16;/h2-10H,1H3,(H,21,22);/q;+1/p-1/t10-;/m0./s1. The number of ether oxygens (including phenoxy) is 2. The van der Waals surface area contributed by atoms with Crippen LogP contribution in [0, 0.1) is 0 Å². The molecule has 3 rings (SSSR count). The molecule has 25 heavy (non-hydrogen) atoms. The second kappa shape index (κ2) is 8.49. The van der Waals surface area contributed by atoms with Crippen molar-refractivity contribution in [3.63, 3.8) is 0 Å². The quantitative estimate of drug-likeness (QED) is 0.571. The molecule has 0 radical (unpaired) electrons. The van der Waals surface area contributed by atoms with Gasteiger partial charge in [0.25, 0.3) is 0 Å². The van der Waals surface area contributed by atoms with Gasteiger partial charge in [-0.2, -0.15) is 0 Å². The molecule has 122 valence electrons. The summed E-state index contributed by atoms with van der Waals surface area (Å²) in [6.45, 7) is 1.40. The maximum absolute atomic E-state index is 10.7. The smallest absolute Gasteiger partial charge is 0.546 e. The van der Waals surface area contributed by atoms with Crippen molar-refractivity contribution in [3.8, 4) is 17.4 Å². The van der Waals surface area contributed by atoms with E-state index in [4.69, 9.17) is 21.1 Å². The predicted octanol–water partition coefficient (Wildman–Crippen LogP) is -0.403. The first-order chi connectivity index (χ1) is 11.5. The van der Waals surface area contributed by atoms with Crippen LogP contribution in [0.15, 0.2) is 48.7 Å². The van der Waals surface area contributed by atoms with E-state index in [9.17, 15) is 9.90 Å². The van der Waals surface area contributed by atoms with Crippen molar-refractivity contribution in [1.29, 1.82) is 0 Å². The van der Waals surface area contributed by atoms with Gasteiger partial charge in [0.15, 0.2) is 0 Å². The van der Waals surface area contributed by atoms with Gasteiger partial charge in [0.2, 0.25) is 5.88 Å². The minimum Gasteiger partial charge on any atom is -0.546 e. The van der Waals surface area contributed by atoms with Gasteiger partial charge in [0.1, 0.15) is 17.6 Å². The first-order valence-corrected chi connectivity index (χ1v) is 7.47. The van der Waals surface area contributed by atoms with Gasteiger partial charge < -0.3 is 19.4 Å². The molecule has 3 aromatic rings. The number of carbonyl (C=O) groups excluding carboxylic acids is 1. The zero-order valence-electron chi connectivity index (χ0n) is 13.6. The summed E-state index contributed by atoms with van der Waals surface area (Å²) >= 11 is 5.94. The molecule has 0 unspecified atom stereocenters. The van der Waals surface area contributed by atoms with Gasteiger partial charge in [-0.15, -0.1) is 0 Å². The second-order valence-electron chi connectivity index (χ2n) is 4.99. The summed E-state index contributed by atoms with van der Waals surface area (Å²) in [4.78, 5) is 19.2. The average Bonchev–Trinajstić information content (AvgIpc) is 2.56. The van der Waals surface area contributed by atoms with Crippen LogP contribution >= 0.6 is 11.6 Å². The third kappa shape index (κ3) is 5.06. The summed E-state index contributed by atoms with van der Waals surface area (Å²) in [5.74, 6) is -0.0449. The van der Waals surface area contributed by atoms with E-state index in [0.717, 1.165) is 0 Å². The zero-order valence-corrected chi connectivity index (χ0v) is 16.4. The molecule has 0 amide bonds. The molecule has 1 heterocycles. The Kier molecular flexibility index (Phi) is 6.61. The number of carboxylic acids is 1. The second-order valence-corrected chi connectivity index (χ2v) is 5.43. The Morgan fingerprint density at radius 1 is 1.12 bits per heavy atom. The molecule has 0 spiro atoms. The molecule has 1 atom stereocenters. The molecule has 0 aliphatic carbocycles.